The van der Waals surface area contributed by atoms with Gasteiger partial charge in [-0.3, -0.25) is 14.3 Å². The first-order valence-corrected chi connectivity index (χ1v) is 8.29. The summed E-state index contributed by atoms with van der Waals surface area (Å²) in [6.07, 6.45) is 3.73. The molecule has 26 heavy (non-hydrogen) atoms. The molecule has 2 aromatic heterocycles. The lowest BCUT2D eigenvalue weighted by atomic mass is 10.00. The van der Waals surface area contributed by atoms with Gasteiger partial charge in [0.05, 0.1) is 6.20 Å². The van der Waals surface area contributed by atoms with E-state index in [0.29, 0.717) is 39.4 Å². The van der Waals surface area contributed by atoms with Crippen molar-refractivity contribution in [2.24, 2.45) is 0 Å². The molecular weight excluding hydrogens is 355 g/mol. The minimum absolute atomic E-state index is 0.239. The van der Waals surface area contributed by atoms with Gasteiger partial charge in [-0.2, -0.15) is 0 Å². The number of pyridine rings is 2. The van der Waals surface area contributed by atoms with Gasteiger partial charge in [-0.05, 0) is 30.7 Å². The Bertz CT molecular complexity index is 1060. The van der Waals surface area contributed by atoms with E-state index >= 15 is 0 Å². The molecule has 5 nitrogen and oxygen atoms in total. The Morgan fingerprint density at radius 3 is 2.65 bits per heavy atom. The lowest BCUT2D eigenvalue weighted by molar-refractivity contribution is 0.625. The summed E-state index contributed by atoms with van der Waals surface area (Å²) in [6.45, 7) is 2.17. The molecule has 7 heteroatoms. The van der Waals surface area contributed by atoms with Gasteiger partial charge in [-0.25, -0.2) is 4.39 Å². The Morgan fingerprint density at radius 1 is 1.27 bits per heavy atom. The van der Waals surface area contributed by atoms with Crippen LogP contribution in [0.2, 0.25) is 5.02 Å². The van der Waals surface area contributed by atoms with Crippen molar-refractivity contribution in [1.82, 2.24) is 9.55 Å². The first-order valence-electron chi connectivity index (χ1n) is 7.91. The summed E-state index contributed by atoms with van der Waals surface area (Å²) < 4.78 is 15.3. The maximum absolute atomic E-state index is 13.9. The van der Waals surface area contributed by atoms with Crippen molar-refractivity contribution >= 4 is 23.6 Å². The predicted molar refractivity (Wildman–Crippen MR) is 102 cm³/mol. The van der Waals surface area contributed by atoms with Gasteiger partial charge in [0.2, 0.25) is 0 Å². The van der Waals surface area contributed by atoms with Gasteiger partial charge in [0, 0.05) is 46.2 Å². The number of nitrogens with zero attached hydrogens (tertiary/aromatic N) is 2. The third kappa shape index (κ3) is 2.99. The molecule has 3 N–H and O–H groups in total. The van der Waals surface area contributed by atoms with Gasteiger partial charge in [-0.15, -0.1) is 0 Å². The molecule has 0 bridgehead atoms. The highest BCUT2D eigenvalue weighted by Crippen LogP contribution is 2.32. The van der Waals surface area contributed by atoms with Crippen LogP contribution in [0.1, 0.15) is 12.5 Å². The summed E-state index contributed by atoms with van der Waals surface area (Å²) >= 11 is 6.39. The van der Waals surface area contributed by atoms with E-state index in [2.05, 4.69) is 4.98 Å². The number of nitrogens with one attached hydrogen (secondary N) is 1. The van der Waals surface area contributed by atoms with Crippen molar-refractivity contribution in [1.29, 1.82) is 5.41 Å². The molecule has 0 atom stereocenters. The van der Waals surface area contributed by atoms with Crippen LogP contribution in [0.3, 0.4) is 0 Å². The first kappa shape index (κ1) is 17.8. The second-order valence-corrected chi connectivity index (χ2v) is 6.05. The van der Waals surface area contributed by atoms with E-state index in [1.54, 1.807) is 37.3 Å². The number of rotatable bonds is 4. The average Bonchev–Trinajstić information content (AvgIpc) is 2.63. The van der Waals surface area contributed by atoms with Crippen LogP contribution >= 0.6 is 11.6 Å². The quantitative estimate of drug-likeness (QED) is 0.681. The normalized spacial score (nSPS) is 10.7. The molecule has 0 spiro atoms. The first-order chi connectivity index (χ1) is 12.5. The maximum atomic E-state index is 13.9. The fourth-order valence-electron chi connectivity index (χ4n) is 2.83. The summed E-state index contributed by atoms with van der Waals surface area (Å²) in [5.41, 5.74) is 7.87. The van der Waals surface area contributed by atoms with E-state index in [9.17, 15) is 9.18 Å². The zero-order chi connectivity index (χ0) is 18.8. The van der Waals surface area contributed by atoms with Crippen molar-refractivity contribution < 1.29 is 4.39 Å². The van der Waals surface area contributed by atoms with Crippen LogP contribution in [0.4, 0.5) is 10.2 Å². The summed E-state index contributed by atoms with van der Waals surface area (Å²) in [7, 11) is 0. The third-order valence-corrected chi connectivity index (χ3v) is 4.49. The summed E-state index contributed by atoms with van der Waals surface area (Å²) in [5, 5.41) is 7.81. The largest absolute Gasteiger partial charge is 0.384 e. The Hall–Kier alpha value is -2.99. The van der Waals surface area contributed by atoms with Crippen molar-refractivity contribution in [3.05, 3.63) is 69.5 Å². The molecule has 3 aromatic rings. The molecule has 0 aliphatic rings. The van der Waals surface area contributed by atoms with E-state index in [4.69, 9.17) is 22.7 Å². The summed E-state index contributed by atoms with van der Waals surface area (Å²) in [6, 6.07) is 8.06. The van der Waals surface area contributed by atoms with E-state index in [0.717, 1.165) is 12.4 Å². The molecule has 0 radical (unpaired) electrons. The Labute approximate surface area is 154 Å². The standard InChI is InChI=1S/C19H16ClFN4O/c1-2-25-18(23)12(9-22)7-15(19(25)26)14-4-3-11(8-16(14)20)13-5-6-24-10-17(13)21/h3-10,22H,2,23H2,1H3. The fourth-order valence-corrected chi connectivity index (χ4v) is 3.12. The molecule has 1 aromatic carbocycles. The smallest absolute Gasteiger partial charge is 0.260 e. The number of hydrogen-bond acceptors (Lipinski definition) is 4. The topological polar surface area (TPSA) is 84.8 Å². The number of benzene rings is 1. The molecule has 2 heterocycles. The Balaban J connectivity index is 2.19. The minimum Gasteiger partial charge on any atom is -0.384 e. The van der Waals surface area contributed by atoms with Crippen molar-refractivity contribution in [3.8, 4) is 22.3 Å². The zero-order valence-corrected chi connectivity index (χ0v) is 14.7. The van der Waals surface area contributed by atoms with Crippen LogP contribution in [-0.2, 0) is 6.54 Å². The van der Waals surface area contributed by atoms with Gasteiger partial charge < -0.3 is 11.1 Å². The van der Waals surface area contributed by atoms with Gasteiger partial charge in [0.15, 0.2) is 0 Å². The average molecular weight is 371 g/mol. The highest BCUT2D eigenvalue weighted by Gasteiger charge is 2.15. The monoisotopic (exact) mass is 370 g/mol. The van der Waals surface area contributed by atoms with E-state index in [1.165, 1.54) is 10.8 Å². The van der Waals surface area contributed by atoms with Crippen LogP contribution in [0.5, 0.6) is 0 Å². The minimum atomic E-state index is -0.455. The summed E-state index contributed by atoms with van der Waals surface area (Å²) in [4.78, 5) is 16.5. The molecule has 0 aliphatic heterocycles. The second kappa shape index (κ2) is 7.09. The van der Waals surface area contributed by atoms with Gasteiger partial charge >= 0.3 is 0 Å². The molecule has 132 valence electrons. The Kier molecular flexibility index (Phi) is 4.86. The van der Waals surface area contributed by atoms with Crippen molar-refractivity contribution in [2.75, 3.05) is 5.73 Å². The van der Waals surface area contributed by atoms with Crippen LogP contribution in [-0.4, -0.2) is 15.8 Å². The second-order valence-electron chi connectivity index (χ2n) is 5.64. The van der Waals surface area contributed by atoms with Crippen molar-refractivity contribution in [3.63, 3.8) is 0 Å². The number of halogens is 2. The van der Waals surface area contributed by atoms with Gasteiger partial charge in [0.25, 0.3) is 5.56 Å². The maximum Gasteiger partial charge on any atom is 0.260 e. The van der Waals surface area contributed by atoms with Crippen LogP contribution < -0.4 is 11.3 Å². The molecule has 0 saturated carbocycles. The third-order valence-electron chi connectivity index (χ3n) is 4.18. The SMILES string of the molecule is CCn1c(N)c(C=N)cc(-c2ccc(-c3ccncc3F)cc2Cl)c1=O. The van der Waals surface area contributed by atoms with E-state index in [-0.39, 0.29) is 11.4 Å². The molecule has 0 amide bonds. The molecule has 0 unspecified atom stereocenters. The highest BCUT2D eigenvalue weighted by molar-refractivity contribution is 6.33. The highest BCUT2D eigenvalue weighted by atomic mass is 35.5. The Morgan fingerprint density at radius 2 is 2.04 bits per heavy atom. The lowest BCUT2D eigenvalue weighted by Gasteiger charge is -2.14. The fraction of sp³-hybridized carbons (Fsp3) is 0.105. The van der Waals surface area contributed by atoms with Crippen LogP contribution in [0.15, 0.2) is 47.5 Å². The number of hydrogen-bond donors (Lipinski definition) is 2. The number of anilines is 1. The van der Waals surface area contributed by atoms with E-state index in [1.807, 2.05) is 0 Å². The number of nitrogen functional groups attached to an aromatic ring is 1. The summed E-state index contributed by atoms with van der Waals surface area (Å²) in [5.74, 6) is -0.217. The number of aromatic nitrogens is 2. The molecule has 0 fully saturated rings. The van der Waals surface area contributed by atoms with Gasteiger partial charge in [0.1, 0.15) is 11.6 Å². The molecule has 0 aliphatic carbocycles. The van der Waals surface area contributed by atoms with Crippen molar-refractivity contribution in [2.45, 2.75) is 13.5 Å². The van der Waals surface area contributed by atoms with E-state index < -0.39 is 5.82 Å². The molecular formula is C19H16ClFN4O. The predicted octanol–water partition coefficient (Wildman–Crippen LogP) is 3.97. The lowest BCUT2D eigenvalue weighted by Crippen LogP contribution is -2.25. The molecule has 0 saturated heterocycles. The molecule has 3 rings (SSSR count). The zero-order valence-electron chi connectivity index (χ0n) is 14.0. The van der Waals surface area contributed by atoms with Gasteiger partial charge in [-0.1, -0.05) is 23.7 Å². The van der Waals surface area contributed by atoms with Crippen LogP contribution in [0, 0.1) is 11.2 Å². The number of nitrogens with two attached hydrogens (primary N) is 1. The van der Waals surface area contributed by atoms with Crippen LogP contribution in [0.25, 0.3) is 22.3 Å².